The van der Waals surface area contributed by atoms with Gasteiger partial charge in [-0.15, -0.1) is 10.2 Å². The average molecular weight is 365 g/mol. The van der Waals surface area contributed by atoms with Gasteiger partial charge in [0, 0.05) is 13.5 Å². The van der Waals surface area contributed by atoms with Gasteiger partial charge in [-0.2, -0.15) is 0 Å². The molecule has 0 aliphatic rings. The fourth-order valence-corrected chi connectivity index (χ4v) is 3.20. The third-order valence-electron chi connectivity index (χ3n) is 4.44. The fraction of sp³-hybridized carbons (Fsp3) is 0.286. The van der Waals surface area contributed by atoms with Gasteiger partial charge in [-0.3, -0.25) is 0 Å². The molecular formula is C21H23N3O3. The summed E-state index contributed by atoms with van der Waals surface area (Å²) in [5.74, 6) is 0.740. The van der Waals surface area contributed by atoms with Gasteiger partial charge < -0.3 is 14.4 Å². The minimum absolute atomic E-state index is 0.291. The third kappa shape index (κ3) is 4.06. The van der Waals surface area contributed by atoms with Crippen molar-refractivity contribution in [3.63, 3.8) is 0 Å². The van der Waals surface area contributed by atoms with Crippen LogP contribution in [-0.2, 0) is 24.3 Å². The number of rotatable bonds is 8. The molecule has 1 N–H and O–H groups in total. The molecule has 0 saturated heterocycles. The van der Waals surface area contributed by atoms with E-state index < -0.39 is 5.97 Å². The molecule has 1 heterocycles. The lowest BCUT2D eigenvalue weighted by molar-refractivity contribution is 0.0697. The molecule has 27 heavy (non-hydrogen) atoms. The Morgan fingerprint density at radius 1 is 1.04 bits per heavy atom. The standard InChI is InChI=1S/C21H23N3O3/c1-3-8-19-22-23-20(14-27-2)24(19)13-15-9-4-5-10-16(15)17-11-6-7-12-18(17)21(25)26/h4-7,9-12H,3,8,13-14H2,1-2H3,(H,25,26). The predicted octanol–water partition coefficient (Wildman–Crippen LogP) is 3.79. The summed E-state index contributed by atoms with van der Waals surface area (Å²) in [6.07, 6.45) is 1.79. The van der Waals surface area contributed by atoms with E-state index in [9.17, 15) is 9.90 Å². The molecule has 0 bridgehead atoms. The minimum Gasteiger partial charge on any atom is -0.478 e. The normalized spacial score (nSPS) is 10.9. The van der Waals surface area contributed by atoms with Crippen molar-refractivity contribution in [1.29, 1.82) is 0 Å². The van der Waals surface area contributed by atoms with Gasteiger partial charge in [-0.25, -0.2) is 4.79 Å². The second-order valence-electron chi connectivity index (χ2n) is 6.31. The van der Waals surface area contributed by atoms with Gasteiger partial charge in [-0.05, 0) is 29.2 Å². The number of methoxy groups -OCH3 is 1. The van der Waals surface area contributed by atoms with Crippen LogP contribution in [0, 0.1) is 0 Å². The van der Waals surface area contributed by atoms with Crippen molar-refractivity contribution in [3.8, 4) is 11.1 Å². The number of hydrogen-bond donors (Lipinski definition) is 1. The Labute approximate surface area is 158 Å². The van der Waals surface area contributed by atoms with Gasteiger partial charge in [-0.1, -0.05) is 49.4 Å². The first-order valence-electron chi connectivity index (χ1n) is 8.96. The number of aromatic carboxylic acids is 1. The van der Waals surface area contributed by atoms with Crippen LogP contribution in [0.4, 0.5) is 0 Å². The highest BCUT2D eigenvalue weighted by atomic mass is 16.5. The highest BCUT2D eigenvalue weighted by Crippen LogP contribution is 2.28. The summed E-state index contributed by atoms with van der Waals surface area (Å²) in [4.78, 5) is 11.7. The maximum absolute atomic E-state index is 11.7. The van der Waals surface area contributed by atoms with Crippen LogP contribution in [-0.4, -0.2) is 33.0 Å². The summed E-state index contributed by atoms with van der Waals surface area (Å²) in [7, 11) is 1.63. The van der Waals surface area contributed by atoms with Crippen molar-refractivity contribution in [3.05, 3.63) is 71.3 Å². The summed E-state index contributed by atoms with van der Waals surface area (Å²) in [5, 5.41) is 18.1. The summed E-state index contributed by atoms with van der Waals surface area (Å²) in [6, 6.07) is 14.9. The number of hydrogen-bond acceptors (Lipinski definition) is 4. The van der Waals surface area contributed by atoms with E-state index in [-0.39, 0.29) is 0 Å². The van der Waals surface area contributed by atoms with Crippen molar-refractivity contribution in [2.45, 2.75) is 32.9 Å². The fourth-order valence-electron chi connectivity index (χ4n) is 3.20. The van der Waals surface area contributed by atoms with Crippen LogP contribution < -0.4 is 0 Å². The topological polar surface area (TPSA) is 77.2 Å². The number of aryl methyl sites for hydroxylation is 1. The first-order valence-corrected chi connectivity index (χ1v) is 8.96. The SMILES string of the molecule is CCCc1nnc(COC)n1Cc1ccccc1-c1ccccc1C(=O)O. The lowest BCUT2D eigenvalue weighted by Crippen LogP contribution is -2.11. The van der Waals surface area contributed by atoms with Gasteiger partial charge in [0.2, 0.25) is 0 Å². The van der Waals surface area contributed by atoms with E-state index in [4.69, 9.17) is 4.74 Å². The van der Waals surface area contributed by atoms with Crippen molar-refractivity contribution in [2.75, 3.05) is 7.11 Å². The molecule has 0 unspecified atom stereocenters. The number of carboxylic acids is 1. The molecule has 6 nitrogen and oxygen atoms in total. The quantitative estimate of drug-likeness (QED) is 0.657. The molecule has 140 valence electrons. The van der Waals surface area contributed by atoms with Crippen molar-refractivity contribution >= 4 is 5.97 Å². The van der Waals surface area contributed by atoms with Crippen molar-refractivity contribution in [2.24, 2.45) is 0 Å². The van der Waals surface area contributed by atoms with Crippen LogP contribution in [0.5, 0.6) is 0 Å². The van der Waals surface area contributed by atoms with Crippen LogP contribution in [0.15, 0.2) is 48.5 Å². The van der Waals surface area contributed by atoms with E-state index in [1.807, 2.05) is 36.4 Å². The molecule has 6 heteroatoms. The molecule has 0 spiro atoms. The molecule has 0 saturated carbocycles. The lowest BCUT2D eigenvalue weighted by Gasteiger charge is -2.15. The number of carbonyl (C=O) groups is 1. The van der Waals surface area contributed by atoms with E-state index in [2.05, 4.69) is 21.7 Å². The van der Waals surface area contributed by atoms with Gasteiger partial charge in [0.25, 0.3) is 0 Å². The van der Waals surface area contributed by atoms with E-state index in [1.54, 1.807) is 19.2 Å². The number of aromatic nitrogens is 3. The largest absolute Gasteiger partial charge is 0.478 e. The second-order valence-corrected chi connectivity index (χ2v) is 6.31. The minimum atomic E-state index is -0.934. The zero-order chi connectivity index (χ0) is 19.2. The highest BCUT2D eigenvalue weighted by molar-refractivity contribution is 5.96. The Kier molecular flexibility index (Phi) is 5.98. The maximum Gasteiger partial charge on any atom is 0.336 e. The Morgan fingerprint density at radius 2 is 1.70 bits per heavy atom. The van der Waals surface area contributed by atoms with Crippen molar-refractivity contribution < 1.29 is 14.6 Å². The molecule has 0 radical (unpaired) electrons. The number of ether oxygens (including phenoxy) is 1. The van der Waals surface area contributed by atoms with Crippen LogP contribution in [0.25, 0.3) is 11.1 Å². The number of nitrogens with zero attached hydrogens (tertiary/aromatic N) is 3. The van der Waals surface area contributed by atoms with E-state index in [0.717, 1.165) is 35.6 Å². The van der Waals surface area contributed by atoms with E-state index >= 15 is 0 Å². The summed E-state index contributed by atoms with van der Waals surface area (Å²) < 4.78 is 7.33. The zero-order valence-corrected chi connectivity index (χ0v) is 15.6. The van der Waals surface area contributed by atoms with Gasteiger partial charge in [0.05, 0.1) is 12.1 Å². The summed E-state index contributed by atoms with van der Waals surface area (Å²) in [5.41, 5.74) is 2.91. The predicted molar refractivity (Wildman–Crippen MR) is 103 cm³/mol. The first kappa shape index (κ1) is 18.8. The first-order chi connectivity index (χ1) is 13.2. The van der Waals surface area contributed by atoms with Crippen molar-refractivity contribution in [1.82, 2.24) is 14.8 Å². The van der Waals surface area contributed by atoms with Gasteiger partial charge in [0.1, 0.15) is 12.4 Å². The molecule has 0 atom stereocenters. The third-order valence-corrected chi connectivity index (χ3v) is 4.44. The average Bonchev–Trinajstić information content (AvgIpc) is 3.04. The smallest absolute Gasteiger partial charge is 0.336 e. The summed E-state index contributed by atoms with van der Waals surface area (Å²) >= 11 is 0. The zero-order valence-electron chi connectivity index (χ0n) is 15.6. The molecule has 1 aromatic heterocycles. The second kappa shape index (κ2) is 8.60. The molecule has 0 amide bonds. The monoisotopic (exact) mass is 365 g/mol. The Morgan fingerprint density at radius 3 is 2.41 bits per heavy atom. The molecular weight excluding hydrogens is 342 g/mol. The van der Waals surface area contributed by atoms with E-state index in [0.29, 0.717) is 24.3 Å². The van der Waals surface area contributed by atoms with Gasteiger partial charge >= 0.3 is 5.97 Å². The molecule has 0 aliphatic heterocycles. The molecule has 3 rings (SSSR count). The molecule has 0 aliphatic carbocycles. The summed E-state index contributed by atoms with van der Waals surface area (Å²) in [6.45, 7) is 3.04. The van der Waals surface area contributed by atoms with Crippen LogP contribution in [0.3, 0.4) is 0 Å². The Hall–Kier alpha value is -2.99. The lowest BCUT2D eigenvalue weighted by atomic mass is 9.95. The van der Waals surface area contributed by atoms with Crippen LogP contribution in [0.2, 0.25) is 0 Å². The van der Waals surface area contributed by atoms with Gasteiger partial charge in [0.15, 0.2) is 5.82 Å². The van der Waals surface area contributed by atoms with E-state index in [1.165, 1.54) is 0 Å². The Bertz CT molecular complexity index is 910. The molecule has 0 fully saturated rings. The molecule has 2 aromatic carbocycles. The number of carboxylic acid groups (broad SMARTS) is 1. The molecule has 3 aromatic rings. The highest BCUT2D eigenvalue weighted by Gasteiger charge is 2.17. The Balaban J connectivity index is 2.07. The maximum atomic E-state index is 11.7. The number of benzene rings is 2. The van der Waals surface area contributed by atoms with Crippen LogP contribution >= 0.6 is 0 Å². The van der Waals surface area contributed by atoms with Crippen LogP contribution in [0.1, 0.15) is 40.9 Å².